The van der Waals surface area contributed by atoms with E-state index in [2.05, 4.69) is 15.2 Å². The van der Waals surface area contributed by atoms with Crippen molar-refractivity contribution in [1.82, 2.24) is 14.8 Å². The molecule has 0 spiro atoms. The standard InChI is InChI=1S/C17H19FN4O/c18-15-2-1-3-16(12-15)20-17(23)22-10-8-21(9-11-22)13-14-4-6-19-7-5-14/h1-7,12H,8-11,13H2,(H,20,23). The maximum atomic E-state index is 13.1. The molecule has 2 aromatic rings. The summed E-state index contributed by atoms with van der Waals surface area (Å²) in [5, 5.41) is 2.74. The van der Waals surface area contributed by atoms with Crippen molar-refractivity contribution in [2.45, 2.75) is 6.54 Å². The molecule has 1 aromatic heterocycles. The van der Waals surface area contributed by atoms with Gasteiger partial charge in [-0.15, -0.1) is 0 Å². The van der Waals surface area contributed by atoms with E-state index in [1.807, 2.05) is 12.1 Å². The molecule has 0 radical (unpaired) electrons. The molecule has 0 aliphatic carbocycles. The Labute approximate surface area is 134 Å². The van der Waals surface area contributed by atoms with Crippen LogP contribution in [0.4, 0.5) is 14.9 Å². The quantitative estimate of drug-likeness (QED) is 0.947. The number of piperazine rings is 1. The number of benzene rings is 1. The van der Waals surface area contributed by atoms with Gasteiger partial charge in [0.05, 0.1) is 0 Å². The van der Waals surface area contributed by atoms with E-state index in [0.29, 0.717) is 18.8 Å². The zero-order valence-electron chi connectivity index (χ0n) is 12.8. The summed E-state index contributed by atoms with van der Waals surface area (Å²) >= 11 is 0. The van der Waals surface area contributed by atoms with Crippen LogP contribution in [-0.4, -0.2) is 47.0 Å². The SMILES string of the molecule is O=C(Nc1cccc(F)c1)N1CCN(Cc2ccncc2)CC1. The van der Waals surface area contributed by atoms with Gasteiger partial charge in [-0.05, 0) is 35.9 Å². The van der Waals surface area contributed by atoms with Gasteiger partial charge >= 0.3 is 6.03 Å². The van der Waals surface area contributed by atoms with E-state index < -0.39 is 0 Å². The molecule has 0 atom stereocenters. The molecule has 3 rings (SSSR count). The van der Waals surface area contributed by atoms with E-state index in [0.717, 1.165) is 19.6 Å². The first-order chi connectivity index (χ1) is 11.2. The van der Waals surface area contributed by atoms with Gasteiger partial charge in [0, 0.05) is 50.8 Å². The Morgan fingerprint density at radius 2 is 1.87 bits per heavy atom. The second-order valence-corrected chi connectivity index (χ2v) is 5.56. The van der Waals surface area contributed by atoms with Crippen LogP contribution in [-0.2, 0) is 6.54 Å². The Bertz CT molecular complexity index is 657. The number of carbonyl (C=O) groups excluding carboxylic acids is 1. The summed E-state index contributed by atoms with van der Waals surface area (Å²) in [6, 6.07) is 9.76. The van der Waals surface area contributed by atoms with Crippen molar-refractivity contribution in [2.24, 2.45) is 0 Å². The fraction of sp³-hybridized carbons (Fsp3) is 0.294. The van der Waals surface area contributed by atoms with Crippen LogP contribution in [0.5, 0.6) is 0 Å². The summed E-state index contributed by atoms with van der Waals surface area (Å²) in [5.74, 6) is -0.357. The van der Waals surface area contributed by atoms with E-state index in [1.165, 1.54) is 17.7 Å². The minimum Gasteiger partial charge on any atom is -0.322 e. The summed E-state index contributed by atoms with van der Waals surface area (Å²) in [6.07, 6.45) is 3.58. The van der Waals surface area contributed by atoms with Crippen LogP contribution in [0.25, 0.3) is 0 Å². The summed E-state index contributed by atoms with van der Waals surface area (Å²) in [5.41, 5.74) is 1.70. The minimum atomic E-state index is -0.357. The molecule has 2 heterocycles. The third kappa shape index (κ3) is 4.26. The van der Waals surface area contributed by atoms with E-state index in [9.17, 15) is 9.18 Å². The first-order valence-corrected chi connectivity index (χ1v) is 7.63. The smallest absolute Gasteiger partial charge is 0.321 e. The molecule has 1 aromatic carbocycles. The molecule has 0 unspecified atom stereocenters. The van der Waals surface area contributed by atoms with Crippen LogP contribution < -0.4 is 5.32 Å². The first-order valence-electron chi connectivity index (χ1n) is 7.63. The predicted octanol–water partition coefficient (Wildman–Crippen LogP) is 2.57. The third-order valence-electron chi connectivity index (χ3n) is 3.89. The Morgan fingerprint density at radius 1 is 1.13 bits per heavy atom. The predicted molar refractivity (Wildman–Crippen MR) is 86.5 cm³/mol. The van der Waals surface area contributed by atoms with Crippen molar-refractivity contribution in [3.8, 4) is 0 Å². The van der Waals surface area contributed by atoms with E-state index >= 15 is 0 Å². The summed E-state index contributed by atoms with van der Waals surface area (Å²) < 4.78 is 13.1. The zero-order chi connectivity index (χ0) is 16.1. The molecule has 1 saturated heterocycles. The Kier molecular flexibility index (Phi) is 4.83. The molecule has 0 saturated carbocycles. The number of anilines is 1. The van der Waals surface area contributed by atoms with Crippen LogP contribution in [0.2, 0.25) is 0 Å². The summed E-state index contributed by atoms with van der Waals surface area (Å²) in [7, 11) is 0. The number of pyridine rings is 1. The molecular formula is C17H19FN4O. The molecule has 1 N–H and O–H groups in total. The van der Waals surface area contributed by atoms with Gasteiger partial charge in [0.2, 0.25) is 0 Å². The number of hydrogen-bond acceptors (Lipinski definition) is 3. The molecule has 120 valence electrons. The summed E-state index contributed by atoms with van der Waals surface area (Å²) in [4.78, 5) is 20.3. The highest BCUT2D eigenvalue weighted by molar-refractivity contribution is 5.89. The molecule has 0 bridgehead atoms. The van der Waals surface area contributed by atoms with E-state index in [1.54, 1.807) is 29.4 Å². The number of aromatic nitrogens is 1. The number of amides is 2. The maximum Gasteiger partial charge on any atom is 0.321 e. The van der Waals surface area contributed by atoms with Crippen LogP contribution >= 0.6 is 0 Å². The number of carbonyl (C=O) groups is 1. The van der Waals surface area contributed by atoms with E-state index in [-0.39, 0.29) is 11.8 Å². The third-order valence-corrected chi connectivity index (χ3v) is 3.89. The van der Waals surface area contributed by atoms with Gasteiger partial charge in [-0.1, -0.05) is 6.07 Å². The van der Waals surface area contributed by atoms with Gasteiger partial charge < -0.3 is 10.2 Å². The Balaban J connectivity index is 1.49. The van der Waals surface area contributed by atoms with Gasteiger partial charge in [-0.2, -0.15) is 0 Å². The molecule has 1 aliphatic heterocycles. The molecule has 1 aliphatic rings. The lowest BCUT2D eigenvalue weighted by atomic mass is 10.2. The monoisotopic (exact) mass is 314 g/mol. The molecule has 6 heteroatoms. The number of urea groups is 1. The highest BCUT2D eigenvalue weighted by Gasteiger charge is 2.21. The average molecular weight is 314 g/mol. The average Bonchev–Trinajstić information content (AvgIpc) is 2.56. The van der Waals surface area contributed by atoms with Gasteiger partial charge in [0.25, 0.3) is 0 Å². The number of hydrogen-bond donors (Lipinski definition) is 1. The molecule has 23 heavy (non-hydrogen) atoms. The molecular weight excluding hydrogens is 295 g/mol. The fourth-order valence-electron chi connectivity index (χ4n) is 2.62. The maximum absolute atomic E-state index is 13.1. The molecule has 2 amide bonds. The van der Waals surface area contributed by atoms with Crippen molar-refractivity contribution < 1.29 is 9.18 Å². The van der Waals surface area contributed by atoms with E-state index in [4.69, 9.17) is 0 Å². The second kappa shape index (κ2) is 7.19. The van der Waals surface area contributed by atoms with Crippen molar-refractivity contribution in [3.05, 3.63) is 60.2 Å². The number of halogens is 1. The van der Waals surface area contributed by atoms with Crippen molar-refractivity contribution >= 4 is 11.7 Å². The minimum absolute atomic E-state index is 0.181. The fourth-order valence-corrected chi connectivity index (χ4v) is 2.62. The van der Waals surface area contributed by atoms with Crippen LogP contribution in [0.15, 0.2) is 48.8 Å². The van der Waals surface area contributed by atoms with Gasteiger partial charge in [-0.25, -0.2) is 9.18 Å². The van der Waals surface area contributed by atoms with Gasteiger partial charge in [0.15, 0.2) is 0 Å². The second-order valence-electron chi connectivity index (χ2n) is 5.56. The summed E-state index contributed by atoms with van der Waals surface area (Å²) in [6.45, 7) is 3.82. The zero-order valence-corrected chi connectivity index (χ0v) is 12.8. The lowest BCUT2D eigenvalue weighted by molar-refractivity contribution is 0.143. The number of rotatable bonds is 3. The molecule has 5 nitrogen and oxygen atoms in total. The lowest BCUT2D eigenvalue weighted by Gasteiger charge is -2.34. The normalized spacial score (nSPS) is 15.4. The van der Waals surface area contributed by atoms with Crippen molar-refractivity contribution in [3.63, 3.8) is 0 Å². The highest BCUT2D eigenvalue weighted by atomic mass is 19.1. The van der Waals surface area contributed by atoms with Crippen LogP contribution in [0.1, 0.15) is 5.56 Å². The van der Waals surface area contributed by atoms with Crippen molar-refractivity contribution in [2.75, 3.05) is 31.5 Å². The van der Waals surface area contributed by atoms with Gasteiger partial charge in [-0.3, -0.25) is 9.88 Å². The topological polar surface area (TPSA) is 48.5 Å². The number of nitrogens with zero attached hydrogens (tertiary/aromatic N) is 3. The Morgan fingerprint density at radius 3 is 2.57 bits per heavy atom. The Hall–Kier alpha value is -2.47. The van der Waals surface area contributed by atoms with Crippen LogP contribution in [0.3, 0.4) is 0 Å². The van der Waals surface area contributed by atoms with Gasteiger partial charge in [0.1, 0.15) is 5.82 Å². The molecule has 1 fully saturated rings. The lowest BCUT2D eigenvalue weighted by Crippen LogP contribution is -2.49. The highest BCUT2D eigenvalue weighted by Crippen LogP contribution is 2.12. The van der Waals surface area contributed by atoms with Crippen LogP contribution in [0, 0.1) is 5.82 Å². The number of nitrogens with one attached hydrogen (secondary N) is 1. The largest absolute Gasteiger partial charge is 0.322 e. The van der Waals surface area contributed by atoms with Crippen molar-refractivity contribution in [1.29, 1.82) is 0 Å². The first kappa shape index (κ1) is 15.4.